The van der Waals surface area contributed by atoms with Crippen LogP contribution in [0, 0.1) is 12.8 Å². The summed E-state index contributed by atoms with van der Waals surface area (Å²) in [6, 6.07) is 8.95. The van der Waals surface area contributed by atoms with Crippen LogP contribution >= 0.6 is 0 Å². The van der Waals surface area contributed by atoms with Crippen molar-refractivity contribution >= 4 is 17.7 Å². The third kappa shape index (κ3) is 5.96. The predicted molar refractivity (Wildman–Crippen MR) is 122 cm³/mol. The van der Waals surface area contributed by atoms with Crippen molar-refractivity contribution in [2.45, 2.75) is 59.7 Å². The molecule has 1 aromatic carbocycles. The summed E-state index contributed by atoms with van der Waals surface area (Å²) in [5.41, 5.74) is 2.78. The normalized spacial score (nSPS) is 14.7. The van der Waals surface area contributed by atoms with Crippen molar-refractivity contribution in [2.75, 3.05) is 13.1 Å². The number of carbonyl (C=O) groups excluding carboxylic acids is 3. The molecule has 0 saturated heterocycles. The number of aryl methyl sites for hydroxylation is 2. The van der Waals surface area contributed by atoms with Crippen molar-refractivity contribution in [1.29, 1.82) is 0 Å². The smallest absolute Gasteiger partial charge is 0.272 e. The first kappa shape index (κ1) is 23.5. The summed E-state index contributed by atoms with van der Waals surface area (Å²) in [5.74, 6) is -0.353. The monoisotopic (exact) mass is 439 g/mol. The Bertz CT molecular complexity index is 965. The maximum atomic E-state index is 13.1. The van der Waals surface area contributed by atoms with E-state index >= 15 is 0 Å². The molecule has 0 bridgehead atoms. The van der Waals surface area contributed by atoms with E-state index in [-0.39, 0.29) is 17.5 Å². The molecule has 0 fully saturated rings. The molecule has 8 heteroatoms. The van der Waals surface area contributed by atoms with Gasteiger partial charge in [0, 0.05) is 32.2 Å². The Morgan fingerprint density at radius 2 is 1.84 bits per heavy atom. The van der Waals surface area contributed by atoms with E-state index in [0.29, 0.717) is 37.8 Å². The lowest BCUT2D eigenvalue weighted by molar-refractivity contribution is -0.122. The lowest BCUT2D eigenvalue weighted by Crippen LogP contribution is -2.45. The van der Waals surface area contributed by atoms with Gasteiger partial charge in [-0.25, -0.2) is 0 Å². The van der Waals surface area contributed by atoms with Crippen molar-refractivity contribution in [1.82, 2.24) is 25.3 Å². The lowest BCUT2D eigenvalue weighted by atomic mass is 10.1. The van der Waals surface area contributed by atoms with Gasteiger partial charge < -0.3 is 15.5 Å². The molecule has 1 aliphatic rings. The molecule has 2 heterocycles. The average molecular weight is 440 g/mol. The van der Waals surface area contributed by atoms with Gasteiger partial charge in [-0.1, -0.05) is 43.7 Å². The van der Waals surface area contributed by atoms with Gasteiger partial charge in [-0.2, -0.15) is 5.10 Å². The number of amides is 3. The fraction of sp³-hybridized carbons (Fsp3) is 0.500. The van der Waals surface area contributed by atoms with Crippen LogP contribution in [0.25, 0.3) is 0 Å². The summed E-state index contributed by atoms with van der Waals surface area (Å²) < 4.78 is 1.60. The van der Waals surface area contributed by atoms with Crippen molar-refractivity contribution in [3.8, 4) is 0 Å². The molecule has 2 aromatic rings. The number of nitrogens with one attached hydrogen (secondary N) is 2. The minimum Gasteiger partial charge on any atom is -0.354 e. The molecule has 0 saturated carbocycles. The third-order valence-corrected chi connectivity index (χ3v) is 5.57. The highest BCUT2D eigenvalue weighted by Crippen LogP contribution is 2.17. The predicted octanol–water partition coefficient (Wildman–Crippen LogP) is 2.52. The van der Waals surface area contributed by atoms with Crippen molar-refractivity contribution in [2.24, 2.45) is 5.92 Å². The number of benzene rings is 1. The molecule has 0 spiro atoms. The number of carbonyl (C=O) groups is 3. The van der Waals surface area contributed by atoms with Gasteiger partial charge in [0.05, 0.1) is 0 Å². The van der Waals surface area contributed by atoms with E-state index in [4.69, 9.17) is 0 Å². The molecular weight excluding hydrogens is 406 g/mol. The zero-order valence-electron chi connectivity index (χ0n) is 19.4. The van der Waals surface area contributed by atoms with Crippen molar-refractivity contribution < 1.29 is 14.4 Å². The molecular formula is C24H33N5O3. The van der Waals surface area contributed by atoms with E-state index in [2.05, 4.69) is 29.6 Å². The number of fused-ring (bicyclic) bond motifs is 1. The molecule has 0 unspecified atom stereocenters. The highest BCUT2D eigenvalue weighted by Gasteiger charge is 2.27. The van der Waals surface area contributed by atoms with Crippen LogP contribution in [0.5, 0.6) is 0 Å². The molecule has 8 nitrogen and oxygen atoms in total. The number of nitrogens with zero attached hydrogens (tertiary/aromatic N) is 3. The molecule has 3 rings (SSSR count). The standard InChI is InChI=1S/C24H33N5O3/c1-16(2)10-11-25-22(30)18(4)26-23(31)20-14-21-24(32)28(12-5-13-29(21)27-20)15-19-8-6-17(3)7-9-19/h6-9,14,16,18H,5,10-13,15H2,1-4H3,(H,25,30)(H,26,31)/t18-/m0/s1. The van der Waals surface area contributed by atoms with Crippen LogP contribution < -0.4 is 10.6 Å². The molecule has 32 heavy (non-hydrogen) atoms. The summed E-state index contributed by atoms with van der Waals surface area (Å²) in [6.07, 6.45) is 1.63. The fourth-order valence-corrected chi connectivity index (χ4v) is 3.58. The molecule has 0 aliphatic carbocycles. The Morgan fingerprint density at radius 3 is 2.53 bits per heavy atom. The van der Waals surface area contributed by atoms with Crippen LogP contribution in [0.4, 0.5) is 0 Å². The maximum Gasteiger partial charge on any atom is 0.272 e. The van der Waals surface area contributed by atoms with Crippen LogP contribution in [-0.4, -0.2) is 51.5 Å². The quantitative estimate of drug-likeness (QED) is 0.661. The maximum absolute atomic E-state index is 13.1. The van der Waals surface area contributed by atoms with Crippen molar-refractivity contribution in [3.63, 3.8) is 0 Å². The van der Waals surface area contributed by atoms with E-state index in [1.54, 1.807) is 16.5 Å². The van der Waals surface area contributed by atoms with Crippen LogP contribution in [0.15, 0.2) is 30.3 Å². The minimum absolute atomic E-state index is 0.144. The van der Waals surface area contributed by atoms with E-state index in [1.807, 2.05) is 31.2 Å². The molecule has 172 valence electrons. The van der Waals surface area contributed by atoms with Crippen LogP contribution in [0.2, 0.25) is 0 Å². The lowest BCUT2D eigenvalue weighted by Gasteiger charge is -2.20. The molecule has 2 N–H and O–H groups in total. The Morgan fingerprint density at radius 1 is 1.12 bits per heavy atom. The number of hydrogen-bond donors (Lipinski definition) is 2. The first-order valence-electron chi connectivity index (χ1n) is 11.3. The average Bonchev–Trinajstić information content (AvgIpc) is 3.12. The summed E-state index contributed by atoms with van der Waals surface area (Å²) >= 11 is 0. The summed E-state index contributed by atoms with van der Waals surface area (Å²) in [4.78, 5) is 39.8. The highest BCUT2D eigenvalue weighted by molar-refractivity contribution is 5.99. The van der Waals surface area contributed by atoms with Gasteiger partial charge in [0.1, 0.15) is 11.7 Å². The van der Waals surface area contributed by atoms with Gasteiger partial charge >= 0.3 is 0 Å². The van der Waals surface area contributed by atoms with Gasteiger partial charge in [-0.3, -0.25) is 19.1 Å². The van der Waals surface area contributed by atoms with Crippen LogP contribution in [0.3, 0.4) is 0 Å². The highest BCUT2D eigenvalue weighted by atomic mass is 16.2. The summed E-state index contributed by atoms with van der Waals surface area (Å²) in [6.45, 7) is 10.1. The van der Waals surface area contributed by atoms with Gasteiger partial charge in [-0.05, 0) is 38.2 Å². The molecule has 3 amide bonds. The van der Waals surface area contributed by atoms with Gasteiger partial charge in [0.15, 0.2) is 5.69 Å². The zero-order valence-corrected chi connectivity index (χ0v) is 19.4. The van der Waals surface area contributed by atoms with Crippen molar-refractivity contribution in [3.05, 3.63) is 52.8 Å². The Hall–Kier alpha value is -3.16. The van der Waals surface area contributed by atoms with Crippen LogP contribution in [0.1, 0.15) is 65.7 Å². The van der Waals surface area contributed by atoms with Crippen LogP contribution in [-0.2, 0) is 17.9 Å². The SMILES string of the molecule is Cc1ccc(CN2CCCn3nc(C(=O)N[C@@H](C)C(=O)NCCC(C)C)cc3C2=O)cc1. The molecule has 0 radical (unpaired) electrons. The third-order valence-electron chi connectivity index (χ3n) is 5.57. The summed E-state index contributed by atoms with van der Waals surface area (Å²) in [5, 5.41) is 9.84. The van der Waals surface area contributed by atoms with E-state index < -0.39 is 11.9 Å². The number of hydrogen-bond acceptors (Lipinski definition) is 4. The first-order chi connectivity index (χ1) is 15.2. The topological polar surface area (TPSA) is 96.3 Å². The zero-order chi connectivity index (χ0) is 23.3. The summed E-state index contributed by atoms with van der Waals surface area (Å²) in [7, 11) is 0. The Balaban J connectivity index is 1.64. The second-order valence-electron chi connectivity index (χ2n) is 8.87. The number of aromatic nitrogens is 2. The van der Waals surface area contributed by atoms with Gasteiger partial charge in [0.2, 0.25) is 5.91 Å². The van der Waals surface area contributed by atoms with E-state index in [9.17, 15) is 14.4 Å². The van der Waals surface area contributed by atoms with E-state index in [1.165, 1.54) is 11.6 Å². The second kappa shape index (κ2) is 10.4. The van der Waals surface area contributed by atoms with E-state index in [0.717, 1.165) is 18.4 Å². The number of rotatable bonds is 8. The largest absolute Gasteiger partial charge is 0.354 e. The van der Waals surface area contributed by atoms with Gasteiger partial charge in [-0.15, -0.1) is 0 Å². The fourth-order valence-electron chi connectivity index (χ4n) is 3.58. The molecule has 1 aromatic heterocycles. The Labute approximate surface area is 189 Å². The first-order valence-corrected chi connectivity index (χ1v) is 11.3. The second-order valence-corrected chi connectivity index (χ2v) is 8.87. The molecule has 1 aliphatic heterocycles. The Kier molecular flexibility index (Phi) is 7.66. The molecule has 1 atom stereocenters. The van der Waals surface area contributed by atoms with Gasteiger partial charge in [0.25, 0.3) is 11.8 Å². The minimum atomic E-state index is -0.690.